The first-order valence-electron chi connectivity index (χ1n) is 10.8. The van der Waals surface area contributed by atoms with Gasteiger partial charge in [-0.3, -0.25) is 9.78 Å². The summed E-state index contributed by atoms with van der Waals surface area (Å²) in [5.41, 5.74) is 2.69. The van der Waals surface area contributed by atoms with Crippen molar-refractivity contribution in [1.29, 1.82) is 0 Å². The lowest BCUT2D eigenvalue weighted by Gasteiger charge is -2.34. The molecule has 0 saturated carbocycles. The Kier molecular flexibility index (Phi) is 5.96. The number of rotatable bonds is 5. The van der Waals surface area contributed by atoms with Gasteiger partial charge in [0.2, 0.25) is 5.91 Å². The molecule has 0 N–H and O–H groups in total. The lowest BCUT2D eigenvalue weighted by molar-refractivity contribution is -0.140. The van der Waals surface area contributed by atoms with Gasteiger partial charge in [-0.1, -0.05) is 6.07 Å². The van der Waals surface area contributed by atoms with Crippen molar-refractivity contribution in [2.75, 3.05) is 23.9 Å². The zero-order valence-corrected chi connectivity index (χ0v) is 18.8. The van der Waals surface area contributed by atoms with E-state index in [1.165, 1.54) is 5.56 Å². The molecule has 1 saturated heterocycles. The van der Waals surface area contributed by atoms with Gasteiger partial charge in [0, 0.05) is 36.4 Å². The minimum atomic E-state index is -0.585. The number of amides is 1. The third kappa shape index (κ3) is 4.02. The van der Waals surface area contributed by atoms with E-state index < -0.39 is 5.41 Å². The summed E-state index contributed by atoms with van der Waals surface area (Å²) < 4.78 is 0. The Balaban J connectivity index is 1.66. The van der Waals surface area contributed by atoms with E-state index in [1.54, 1.807) is 0 Å². The van der Waals surface area contributed by atoms with Gasteiger partial charge in [0.25, 0.3) is 0 Å². The molecule has 0 bridgehead atoms. The second-order valence-electron chi connectivity index (χ2n) is 8.99. The fourth-order valence-corrected chi connectivity index (χ4v) is 4.54. The molecule has 0 spiro atoms. The fraction of sp³-hybridized carbons (Fsp3) is 0.565. The van der Waals surface area contributed by atoms with Crippen LogP contribution >= 0.6 is 11.6 Å². The van der Waals surface area contributed by atoms with Gasteiger partial charge in [0.15, 0.2) is 5.82 Å². The summed E-state index contributed by atoms with van der Waals surface area (Å²) in [6, 6.07) is 5.92. The van der Waals surface area contributed by atoms with Gasteiger partial charge in [-0.05, 0) is 58.6 Å². The molecule has 0 aromatic carbocycles. The molecule has 2 aliphatic rings. The number of likely N-dealkylation sites (tertiary alicyclic amines) is 1. The number of carbonyl (C=O) groups excluding carboxylic acids is 1. The third-order valence-corrected chi connectivity index (χ3v) is 6.84. The average molecular weight is 428 g/mol. The quantitative estimate of drug-likeness (QED) is 0.673. The van der Waals surface area contributed by atoms with E-state index in [0.717, 1.165) is 68.3 Å². The van der Waals surface area contributed by atoms with Gasteiger partial charge < -0.3 is 9.80 Å². The summed E-state index contributed by atoms with van der Waals surface area (Å²) in [6.07, 6.45) is 5.76. The SMILES string of the molecule is Cc1nc(C2CCCN2C(=O)C(C)(C)CCl)nc2c1CCCN2Cc1ccccn1. The monoisotopic (exact) mass is 427 g/mol. The number of carbonyl (C=O) groups is 1. The largest absolute Gasteiger partial charge is 0.350 e. The molecule has 6 nitrogen and oxygen atoms in total. The fourth-order valence-electron chi connectivity index (χ4n) is 4.42. The molecule has 2 aromatic heterocycles. The molecular weight excluding hydrogens is 398 g/mol. The lowest BCUT2D eigenvalue weighted by atomic mass is 9.94. The lowest BCUT2D eigenvalue weighted by Crippen LogP contribution is -2.42. The second-order valence-corrected chi connectivity index (χ2v) is 9.26. The van der Waals surface area contributed by atoms with Crippen molar-refractivity contribution in [3.05, 3.63) is 47.2 Å². The van der Waals surface area contributed by atoms with Gasteiger partial charge in [-0.2, -0.15) is 0 Å². The van der Waals surface area contributed by atoms with Crippen LogP contribution in [0.1, 0.15) is 61.9 Å². The number of alkyl halides is 1. The average Bonchev–Trinajstić information content (AvgIpc) is 3.24. The Morgan fingerprint density at radius 1 is 1.23 bits per heavy atom. The summed E-state index contributed by atoms with van der Waals surface area (Å²) >= 11 is 6.09. The first kappa shape index (κ1) is 21.0. The number of aromatic nitrogens is 3. The Bertz CT molecular complexity index is 917. The molecule has 4 heterocycles. The highest BCUT2D eigenvalue weighted by atomic mass is 35.5. The molecule has 1 atom stereocenters. The van der Waals surface area contributed by atoms with Crippen LogP contribution in [0.2, 0.25) is 0 Å². The topological polar surface area (TPSA) is 62.2 Å². The first-order valence-corrected chi connectivity index (χ1v) is 11.3. The normalized spacial score (nSPS) is 19.1. The van der Waals surface area contributed by atoms with Crippen molar-refractivity contribution in [2.24, 2.45) is 5.41 Å². The van der Waals surface area contributed by atoms with Crippen molar-refractivity contribution in [3.63, 3.8) is 0 Å². The highest BCUT2D eigenvalue weighted by Crippen LogP contribution is 2.37. The minimum Gasteiger partial charge on any atom is -0.350 e. The highest BCUT2D eigenvalue weighted by molar-refractivity contribution is 6.19. The smallest absolute Gasteiger partial charge is 0.230 e. The number of hydrogen-bond donors (Lipinski definition) is 0. The van der Waals surface area contributed by atoms with E-state index in [1.807, 2.05) is 37.1 Å². The summed E-state index contributed by atoms with van der Waals surface area (Å²) in [5.74, 6) is 2.15. The van der Waals surface area contributed by atoms with Gasteiger partial charge >= 0.3 is 0 Å². The number of aryl methyl sites for hydroxylation is 1. The molecule has 0 aliphatic carbocycles. The maximum Gasteiger partial charge on any atom is 0.230 e. The standard InChI is InChI=1S/C23H30ClN5O/c1-16-18-9-6-12-28(14-17-8-4-5-11-25-17)21(18)27-20(26-16)19-10-7-13-29(19)22(30)23(2,3)15-24/h4-5,8,11,19H,6-7,9-10,12-15H2,1-3H3. The summed E-state index contributed by atoms with van der Waals surface area (Å²) in [5, 5.41) is 0. The number of halogens is 1. The van der Waals surface area contributed by atoms with Crippen LogP contribution in [0.15, 0.2) is 24.4 Å². The van der Waals surface area contributed by atoms with Crippen molar-refractivity contribution in [3.8, 4) is 0 Å². The number of fused-ring (bicyclic) bond motifs is 1. The van der Waals surface area contributed by atoms with Crippen LogP contribution in [0.3, 0.4) is 0 Å². The molecule has 1 unspecified atom stereocenters. The Morgan fingerprint density at radius 2 is 2.07 bits per heavy atom. The molecule has 0 radical (unpaired) electrons. The van der Waals surface area contributed by atoms with E-state index in [9.17, 15) is 4.79 Å². The maximum atomic E-state index is 13.1. The number of hydrogen-bond acceptors (Lipinski definition) is 5. The predicted molar refractivity (Wildman–Crippen MR) is 119 cm³/mol. The van der Waals surface area contributed by atoms with E-state index in [2.05, 4.69) is 22.9 Å². The Labute approximate surface area is 183 Å². The summed E-state index contributed by atoms with van der Waals surface area (Å²) in [6.45, 7) is 8.30. The molecule has 1 fully saturated rings. The Hall–Kier alpha value is -2.21. The molecule has 160 valence electrons. The van der Waals surface area contributed by atoms with Crippen LogP contribution in [0.5, 0.6) is 0 Å². The van der Waals surface area contributed by atoms with Gasteiger partial charge in [0.05, 0.1) is 23.7 Å². The molecule has 2 aromatic rings. The van der Waals surface area contributed by atoms with E-state index in [-0.39, 0.29) is 11.9 Å². The molecular formula is C23H30ClN5O. The minimum absolute atomic E-state index is 0.0809. The maximum absolute atomic E-state index is 13.1. The summed E-state index contributed by atoms with van der Waals surface area (Å²) in [4.78, 5) is 31.8. The second kappa shape index (κ2) is 8.50. The highest BCUT2D eigenvalue weighted by Gasteiger charge is 2.39. The van der Waals surface area contributed by atoms with E-state index in [4.69, 9.17) is 21.6 Å². The van der Waals surface area contributed by atoms with Crippen LogP contribution < -0.4 is 4.90 Å². The van der Waals surface area contributed by atoms with Crippen LogP contribution in [0.25, 0.3) is 0 Å². The van der Waals surface area contributed by atoms with Crippen molar-refractivity contribution in [1.82, 2.24) is 19.9 Å². The van der Waals surface area contributed by atoms with Crippen LogP contribution in [-0.2, 0) is 17.8 Å². The van der Waals surface area contributed by atoms with Gasteiger partial charge in [-0.25, -0.2) is 9.97 Å². The van der Waals surface area contributed by atoms with E-state index in [0.29, 0.717) is 5.88 Å². The van der Waals surface area contributed by atoms with Crippen LogP contribution in [0, 0.1) is 12.3 Å². The number of anilines is 1. The van der Waals surface area contributed by atoms with Gasteiger partial charge in [0.1, 0.15) is 5.82 Å². The van der Waals surface area contributed by atoms with E-state index >= 15 is 0 Å². The van der Waals surface area contributed by atoms with Crippen LogP contribution in [0.4, 0.5) is 5.82 Å². The van der Waals surface area contributed by atoms with Gasteiger partial charge in [-0.15, -0.1) is 11.6 Å². The predicted octanol–water partition coefficient (Wildman–Crippen LogP) is 4.06. The third-order valence-electron chi connectivity index (χ3n) is 6.17. The zero-order chi connectivity index (χ0) is 21.3. The summed E-state index contributed by atoms with van der Waals surface area (Å²) in [7, 11) is 0. The zero-order valence-electron chi connectivity index (χ0n) is 18.1. The van der Waals surface area contributed by atoms with Crippen LogP contribution in [-0.4, -0.2) is 44.7 Å². The molecule has 1 amide bonds. The Morgan fingerprint density at radius 3 is 2.80 bits per heavy atom. The molecule has 4 rings (SSSR count). The van der Waals surface area contributed by atoms with Crippen molar-refractivity contribution in [2.45, 2.75) is 59.0 Å². The van der Waals surface area contributed by atoms with Crippen molar-refractivity contribution < 1.29 is 4.79 Å². The van der Waals surface area contributed by atoms with Crippen molar-refractivity contribution >= 4 is 23.3 Å². The number of nitrogens with zero attached hydrogens (tertiary/aromatic N) is 5. The molecule has 2 aliphatic heterocycles. The molecule has 30 heavy (non-hydrogen) atoms. The molecule has 7 heteroatoms. The first-order chi connectivity index (χ1) is 14.4. The number of pyridine rings is 1.